The summed E-state index contributed by atoms with van der Waals surface area (Å²) in [6, 6.07) is 23.3. The lowest BCUT2D eigenvalue weighted by Gasteiger charge is -2.15. The lowest BCUT2D eigenvalue weighted by molar-refractivity contribution is 0.386. The van der Waals surface area contributed by atoms with Crippen molar-refractivity contribution in [3.63, 3.8) is 0 Å². The minimum Gasteiger partial charge on any atom is -0.508 e. The van der Waals surface area contributed by atoms with E-state index in [2.05, 4.69) is 0 Å². The van der Waals surface area contributed by atoms with Gasteiger partial charge in [0.05, 0.1) is 0 Å². The van der Waals surface area contributed by atoms with Crippen molar-refractivity contribution in [1.29, 1.82) is 0 Å². The van der Waals surface area contributed by atoms with E-state index in [0.717, 1.165) is 66.8 Å². The molecule has 4 aromatic carbocycles. The van der Waals surface area contributed by atoms with Gasteiger partial charge in [-0.3, -0.25) is 0 Å². The number of allylic oxidation sites excluding steroid dienone is 4. The SMILES string of the molecule is C/C(=C(/C)c1ccc(CN(C)C)c(O)c1)c1ccc(CN(C)C)c(O)c1.C/C(=C(\C)c1ccc(CN(C)C)c(O)c1)c1ccc(CN(C)C)c(O)c1. The molecule has 0 radical (unpaired) electrons. The molecule has 4 aromatic rings. The van der Waals surface area contributed by atoms with Crippen LogP contribution in [0, 0.1) is 0 Å². The van der Waals surface area contributed by atoms with Gasteiger partial charge in [-0.1, -0.05) is 48.5 Å². The number of hydrogen-bond donors (Lipinski definition) is 4. The zero-order chi connectivity index (χ0) is 38.9. The summed E-state index contributed by atoms with van der Waals surface area (Å²) in [5.41, 5.74) is 11.9. The molecule has 4 N–H and O–H groups in total. The van der Waals surface area contributed by atoms with Gasteiger partial charge >= 0.3 is 0 Å². The lowest BCUT2D eigenvalue weighted by atomic mass is 9.95. The number of phenolic OH excluding ortho intramolecular Hbond substituents is 4. The van der Waals surface area contributed by atoms with Crippen LogP contribution >= 0.6 is 0 Å². The Morgan fingerprint density at radius 3 is 0.654 bits per heavy atom. The standard InChI is InChI=1S/2C22H30N2O2/c2*1-15(17-7-9-19(13-23(3)4)21(25)11-17)16(2)18-8-10-20(14-24(5)6)22(26)12-18/h2*7-12,25-26H,13-14H2,1-6H3/b16-15+;16-15-. The summed E-state index contributed by atoms with van der Waals surface area (Å²) in [5, 5.41) is 41.2. The minimum atomic E-state index is 0.313. The van der Waals surface area contributed by atoms with Crippen molar-refractivity contribution in [2.75, 3.05) is 56.4 Å². The number of rotatable bonds is 12. The normalized spacial score (nSPS) is 12.6. The lowest BCUT2D eigenvalue weighted by Crippen LogP contribution is -2.10. The van der Waals surface area contributed by atoms with Crippen LogP contribution in [0.3, 0.4) is 0 Å². The number of nitrogens with zero attached hydrogens (tertiary/aromatic N) is 4. The predicted molar refractivity (Wildman–Crippen MR) is 218 cm³/mol. The molecule has 280 valence electrons. The van der Waals surface area contributed by atoms with E-state index in [-0.39, 0.29) is 0 Å². The van der Waals surface area contributed by atoms with Crippen LogP contribution in [0.1, 0.15) is 72.2 Å². The Morgan fingerprint density at radius 2 is 0.519 bits per heavy atom. The molecule has 4 rings (SSSR count). The fourth-order valence-electron chi connectivity index (χ4n) is 5.95. The first kappa shape index (κ1) is 41.8. The van der Waals surface area contributed by atoms with Crippen molar-refractivity contribution in [3.05, 3.63) is 117 Å². The average Bonchev–Trinajstić information content (AvgIpc) is 3.06. The molecule has 0 atom stereocenters. The summed E-state index contributed by atoms with van der Waals surface area (Å²) < 4.78 is 0. The van der Waals surface area contributed by atoms with E-state index >= 15 is 0 Å². The van der Waals surface area contributed by atoms with Gasteiger partial charge < -0.3 is 40.0 Å². The highest BCUT2D eigenvalue weighted by atomic mass is 16.3. The minimum absolute atomic E-state index is 0.313. The molecule has 0 spiro atoms. The van der Waals surface area contributed by atoms with Crippen LogP contribution in [0.15, 0.2) is 72.8 Å². The summed E-state index contributed by atoms with van der Waals surface area (Å²) >= 11 is 0. The van der Waals surface area contributed by atoms with Gasteiger partial charge in [0.2, 0.25) is 0 Å². The Bertz CT molecular complexity index is 1620. The van der Waals surface area contributed by atoms with Gasteiger partial charge in [-0.25, -0.2) is 0 Å². The Labute approximate surface area is 312 Å². The summed E-state index contributed by atoms with van der Waals surface area (Å²) in [5.74, 6) is 1.25. The molecule has 0 amide bonds. The third-order valence-electron chi connectivity index (χ3n) is 9.14. The van der Waals surface area contributed by atoms with E-state index < -0.39 is 0 Å². The van der Waals surface area contributed by atoms with Crippen molar-refractivity contribution in [1.82, 2.24) is 19.6 Å². The van der Waals surface area contributed by atoms with E-state index in [9.17, 15) is 20.4 Å². The van der Waals surface area contributed by atoms with E-state index in [1.54, 1.807) is 0 Å². The van der Waals surface area contributed by atoms with Crippen molar-refractivity contribution >= 4 is 22.3 Å². The highest BCUT2D eigenvalue weighted by molar-refractivity contribution is 5.90. The number of benzene rings is 4. The van der Waals surface area contributed by atoms with Crippen LogP contribution in [0.2, 0.25) is 0 Å². The van der Waals surface area contributed by atoms with Crippen LogP contribution in [-0.2, 0) is 26.2 Å². The molecule has 8 nitrogen and oxygen atoms in total. The first-order valence-corrected chi connectivity index (χ1v) is 17.6. The molecule has 8 heteroatoms. The second kappa shape index (κ2) is 18.8. The molecule has 0 saturated carbocycles. The van der Waals surface area contributed by atoms with Crippen LogP contribution in [0.4, 0.5) is 0 Å². The van der Waals surface area contributed by atoms with Gasteiger partial charge in [-0.05, 0) is 153 Å². The largest absolute Gasteiger partial charge is 0.508 e. The summed E-state index contributed by atoms with van der Waals surface area (Å²) in [6.45, 7) is 11.0. The summed E-state index contributed by atoms with van der Waals surface area (Å²) in [6.07, 6.45) is 0. The molecular weight excluding hydrogens is 649 g/mol. The first-order chi connectivity index (χ1) is 24.4. The van der Waals surface area contributed by atoms with Crippen molar-refractivity contribution in [2.24, 2.45) is 0 Å². The van der Waals surface area contributed by atoms with Crippen molar-refractivity contribution in [2.45, 2.75) is 53.9 Å². The summed E-state index contributed by atoms with van der Waals surface area (Å²) in [4.78, 5) is 8.11. The Hall–Kier alpha value is -4.60. The molecule has 0 aliphatic carbocycles. The Balaban J connectivity index is 0.000000280. The molecule has 0 fully saturated rings. The molecule has 0 saturated heterocycles. The smallest absolute Gasteiger partial charge is 0.120 e. The molecule has 0 aliphatic heterocycles. The first-order valence-electron chi connectivity index (χ1n) is 17.6. The van der Waals surface area contributed by atoms with Gasteiger partial charge in [-0.15, -0.1) is 0 Å². The van der Waals surface area contributed by atoms with E-state index in [1.165, 1.54) is 0 Å². The van der Waals surface area contributed by atoms with E-state index in [1.807, 2.05) is 176 Å². The molecule has 52 heavy (non-hydrogen) atoms. The van der Waals surface area contributed by atoms with Crippen LogP contribution in [0.25, 0.3) is 22.3 Å². The quantitative estimate of drug-likeness (QED) is 0.109. The number of hydrogen-bond acceptors (Lipinski definition) is 8. The van der Waals surface area contributed by atoms with Crippen molar-refractivity contribution in [3.8, 4) is 23.0 Å². The topological polar surface area (TPSA) is 93.9 Å². The molecule has 0 heterocycles. The highest BCUT2D eigenvalue weighted by Crippen LogP contribution is 2.33. The van der Waals surface area contributed by atoms with Crippen molar-refractivity contribution < 1.29 is 20.4 Å². The molecule has 0 aliphatic rings. The maximum atomic E-state index is 10.3. The monoisotopic (exact) mass is 708 g/mol. The van der Waals surface area contributed by atoms with Gasteiger partial charge in [0.15, 0.2) is 0 Å². The second-order valence-corrected chi connectivity index (χ2v) is 14.8. The van der Waals surface area contributed by atoms with Crippen LogP contribution in [-0.4, -0.2) is 96.4 Å². The van der Waals surface area contributed by atoms with Crippen LogP contribution in [0.5, 0.6) is 23.0 Å². The maximum Gasteiger partial charge on any atom is 0.120 e. The Kier molecular flexibility index (Phi) is 15.1. The zero-order valence-electron chi connectivity index (χ0n) is 33.3. The fraction of sp³-hybridized carbons (Fsp3) is 0.364. The zero-order valence-corrected chi connectivity index (χ0v) is 33.3. The number of aromatic hydroxyl groups is 4. The van der Waals surface area contributed by atoms with Gasteiger partial charge in [0, 0.05) is 48.4 Å². The van der Waals surface area contributed by atoms with Gasteiger partial charge in [0.25, 0.3) is 0 Å². The summed E-state index contributed by atoms with van der Waals surface area (Å²) in [7, 11) is 15.8. The predicted octanol–water partition coefficient (Wildman–Crippen LogP) is 8.34. The van der Waals surface area contributed by atoms with Crippen LogP contribution < -0.4 is 0 Å². The molecule has 0 bridgehead atoms. The molecule has 0 aromatic heterocycles. The third kappa shape index (κ3) is 11.7. The Morgan fingerprint density at radius 1 is 0.346 bits per heavy atom. The number of phenols is 4. The van der Waals surface area contributed by atoms with Gasteiger partial charge in [-0.2, -0.15) is 0 Å². The molecule has 0 unspecified atom stereocenters. The van der Waals surface area contributed by atoms with E-state index in [4.69, 9.17) is 0 Å². The fourth-order valence-corrected chi connectivity index (χ4v) is 5.95. The maximum absolute atomic E-state index is 10.3. The second-order valence-electron chi connectivity index (χ2n) is 14.8. The molecular formula is C44H60N4O4. The third-order valence-corrected chi connectivity index (χ3v) is 9.14. The highest BCUT2D eigenvalue weighted by Gasteiger charge is 2.12. The van der Waals surface area contributed by atoms with E-state index in [0.29, 0.717) is 49.2 Å². The van der Waals surface area contributed by atoms with Gasteiger partial charge in [0.1, 0.15) is 23.0 Å². The average molecular weight is 709 g/mol.